The number of nitrogens with zero attached hydrogens (tertiary/aromatic N) is 2. The summed E-state index contributed by atoms with van der Waals surface area (Å²) in [6, 6.07) is 12.6. The largest absolute Gasteiger partial charge is 0.462 e. The van der Waals surface area contributed by atoms with Gasteiger partial charge in [0.2, 0.25) is 0 Å². The molecule has 0 atom stereocenters. The maximum absolute atomic E-state index is 12.2. The summed E-state index contributed by atoms with van der Waals surface area (Å²) in [5.74, 6) is -0.144. The molecule has 0 amide bonds. The van der Waals surface area contributed by atoms with E-state index in [-0.39, 0.29) is 18.3 Å². The van der Waals surface area contributed by atoms with E-state index in [1.54, 1.807) is 24.3 Å². The Morgan fingerprint density at radius 3 is 2.76 bits per heavy atom. The Kier molecular flexibility index (Phi) is 4.06. The summed E-state index contributed by atoms with van der Waals surface area (Å²) < 4.78 is 7.27. The number of pyridine rings is 1. The Morgan fingerprint density at radius 2 is 1.96 bits per heavy atom. The van der Waals surface area contributed by atoms with E-state index < -0.39 is 5.97 Å². The van der Waals surface area contributed by atoms with Crippen LogP contribution in [0.25, 0.3) is 5.65 Å². The van der Waals surface area contributed by atoms with Gasteiger partial charge in [0.1, 0.15) is 5.65 Å². The van der Waals surface area contributed by atoms with Crippen LogP contribution in [0.3, 0.4) is 0 Å². The lowest BCUT2D eigenvalue weighted by atomic mass is 10.0. The van der Waals surface area contributed by atoms with Gasteiger partial charge in [-0.05, 0) is 37.1 Å². The van der Waals surface area contributed by atoms with Crippen LogP contribution in [0.2, 0.25) is 0 Å². The first-order chi connectivity index (χ1) is 12.2. The second-order valence-corrected chi connectivity index (χ2v) is 6.30. The normalized spacial score (nSPS) is 13.8. The molecule has 2 aromatic heterocycles. The van der Waals surface area contributed by atoms with E-state index in [0.29, 0.717) is 17.5 Å². The Balaban J connectivity index is 1.37. The molecule has 1 aliphatic rings. The fraction of sp³-hybridized carbons (Fsp3) is 0.250. The zero-order valence-electron chi connectivity index (χ0n) is 13.7. The molecule has 4 rings (SSSR count). The minimum atomic E-state index is -0.408. The molecular weight excluding hydrogens is 316 g/mol. The Bertz CT molecular complexity index is 908. The fourth-order valence-electron chi connectivity index (χ4n) is 2.82. The quantitative estimate of drug-likeness (QED) is 0.512. The molecule has 2 heterocycles. The number of Topliss-reactive ketones (excluding diaryl/α,β-unsaturated/α-hetero) is 1. The maximum Gasteiger partial charge on any atom is 0.338 e. The second-order valence-electron chi connectivity index (χ2n) is 6.30. The number of imidazole rings is 1. The molecule has 1 fully saturated rings. The number of benzene rings is 1. The van der Waals surface area contributed by atoms with Crippen molar-refractivity contribution >= 4 is 17.4 Å². The molecule has 5 nitrogen and oxygen atoms in total. The number of hydrogen-bond donors (Lipinski definition) is 0. The minimum Gasteiger partial charge on any atom is -0.462 e. The molecule has 0 bridgehead atoms. The number of carbonyl (C=O) groups excluding carboxylic acids is 2. The number of aromatic nitrogens is 2. The Labute approximate surface area is 145 Å². The molecule has 0 aliphatic heterocycles. The molecule has 1 aromatic carbocycles. The highest BCUT2D eigenvalue weighted by Gasteiger charge is 2.30. The number of hydrogen-bond acceptors (Lipinski definition) is 4. The van der Waals surface area contributed by atoms with Crippen molar-refractivity contribution in [2.45, 2.75) is 19.3 Å². The van der Waals surface area contributed by atoms with E-state index in [0.717, 1.165) is 24.2 Å². The van der Waals surface area contributed by atoms with Crippen LogP contribution >= 0.6 is 0 Å². The van der Waals surface area contributed by atoms with Crippen molar-refractivity contribution in [1.29, 1.82) is 0 Å². The summed E-state index contributed by atoms with van der Waals surface area (Å²) in [6.45, 7) is 0.253. The summed E-state index contributed by atoms with van der Waals surface area (Å²) >= 11 is 0. The first-order valence-electron chi connectivity index (χ1n) is 8.45. The lowest BCUT2D eigenvalue weighted by molar-refractivity contribution is 0.0508. The van der Waals surface area contributed by atoms with Crippen molar-refractivity contribution in [2.24, 2.45) is 5.92 Å². The van der Waals surface area contributed by atoms with E-state index >= 15 is 0 Å². The van der Waals surface area contributed by atoms with Crippen molar-refractivity contribution < 1.29 is 14.3 Å². The van der Waals surface area contributed by atoms with Crippen molar-refractivity contribution in [3.8, 4) is 0 Å². The SMILES string of the molecule is O=C(OCCc1cn2ccccc2n1)c1cccc(C(=O)C2CC2)c1. The van der Waals surface area contributed by atoms with Gasteiger partial charge in [-0.2, -0.15) is 0 Å². The molecular formula is C20H18N2O3. The van der Waals surface area contributed by atoms with Gasteiger partial charge >= 0.3 is 5.97 Å². The van der Waals surface area contributed by atoms with Gasteiger partial charge in [-0.1, -0.05) is 18.2 Å². The molecule has 126 valence electrons. The van der Waals surface area contributed by atoms with Crippen LogP contribution in [0.1, 0.15) is 39.3 Å². The molecule has 5 heteroatoms. The zero-order valence-corrected chi connectivity index (χ0v) is 13.7. The van der Waals surface area contributed by atoms with Crippen LogP contribution in [0.5, 0.6) is 0 Å². The first-order valence-corrected chi connectivity index (χ1v) is 8.45. The number of ketones is 1. The highest BCUT2D eigenvalue weighted by Crippen LogP contribution is 2.32. The van der Waals surface area contributed by atoms with Crippen molar-refractivity contribution in [3.05, 3.63) is 71.7 Å². The minimum absolute atomic E-state index is 0.124. The third-order valence-corrected chi connectivity index (χ3v) is 4.34. The highest BCUT2D eigenvalue weighted by molar-refractivity contribution is 6.01. The smallest absolute Gasteiger partial charge is 0.338 e. The molecule has 3 aromatic rings. The molecule has 1 saturated carbocycles. The van der Waals surface area contributed by atoms with Crippen molar-refractivity contribution in [2.75, 3.05) is 6.61 Å². The summed E-state index contributed by atoms with van der Waals surface area (Å²) in [7, 11) is 0. The predicted octanol–water partition coefficient (Wildman–Crippen LogP) is 3.33. The van der Waals surface area contributed by atoms with Crippen LogP contribution in [-0.2, 0) is 11.2 Å². The van der Waals surface area contributed by atoms with Gasteiger partial charge in [-0.3, -0.25) is 4.79 Å². The van der Waals surface area contributed by atoms with Gasteiger partial charge in [0, 0.05) is 30.3 Å². The van der Waals surface area contributed by atoms with Crippen LogP contribution in [0, 0.1) is 5.92 Å². The lowest BCUT2D eigenvalue weighted by Crippen LogP contribution is -2.10. The van der Waals surface area contributed by atoms with E-state index in [2.05, 4.69) is 4.98 Å². The number of esters is 1. The summed E-state index contributed by atoms with van der Waals surface area (Å²) in [5, 5.41) is 0. The summed E-state index contributed by atoms with van der Waals surface area (Å²) in [4.78, 5) is 28.8. The number of ether oxygens (including phenoxy) is 1. The van der Waals surface area contributed by atoms with E-state index in [9.17, 15) is 9.59 Å². The van der Waals surface area contributed by atoms with Gasteiger partial charge < -0.3 is 9.14 Å². The first kappa shape index (κ1) is 15.6. The zero-order chi connectivity index (χ0) is 17.2. The average molecular weight is 334 g/mol. The van der Waals surface area contributed by atoms with Crippen molar-refractivity contribution in [1.82, 2.24) is 9.38 Å². The summed E-state index contributed by atoms with van der Waals surface area (Å²) in [5.41, 5.74) is 2.76. The van der Waals surface area contributed by atoms with Crippen LogP contribution in [-0.4, -0.2) is 27.7 Å². The lowest BCUT2D eigenvalue weighted by Gasteiger charge is -2.05. The van der Waals surface area contributed by atoms with Crippen LogP contribution in [0.15, 0.2) is 54.9 Å². The topological polar surface area (TPSA) is 60.7 Å². The van der Waals surface area contributed by atoms with Gasteiger partial charge in [-0.15, -0.1) is 0 Å². The third-order valence-electron chi connectivity index (χ3n) is 4.34. The second kappa shape index (κ2) is 6.51. The maximum atomic E-state index is 12.2. The molecule has 25 heavy (non-hydrogen) atoms. The standard InChI is InChI=1S/C20H18N2O3/c23-19(14-7-8-14)15-4-3-5-16(12-15)20(24)25-11-9-17-13-22-10-2-1-6-18(22)21-17/h1-6,10,12-14H,7-9,11H2. The van der Waals surface area contributed by atoms with Gasteiger partial charge in [-0.25, -0.2) is 9.78 Å². The van der Waals surface area contributed by atoms with E-state index in [4.69, 9.17) is 4.74 Å². The molecule has 0 radical (unpaired) electrons. The Hall–Kier alpha value is -2.95. The molecule has 1 aliphatic carbocycles. The predicted molar refractivity (Wildman–Crippen MR) is 92.7 cm³/mol. The third kappa shape index (κ3) is 3.45. The molecule has 0 unspecified atom stereocenters. The Morgan fingerprint density at radius 1 is 1.12 bits per heavy atom. The number of carbonyl (C=O) groups is 2. The monoisotopic (exact) mass is 334 g/mol. The molecule has 0 spiro atoms. The van der Waals surface area contributed by atoms with Crippen LogP contribution in [0.4, 0.5) is 0 Å². The van der Waals surface area contributed by atoms with Crippen LogP contribution < -0.4 is 0 Å². The number of fused-ring (bicyclic) bond motifs is 1. The summed E-state index contributed by atoms with van der Waals surface area (Å²) in [6.07, 6.45) is 6.31. The van der Waals surface area contributed by atoms with Crippen molar-refractivity contribution in [3.63, 3.8) is 0 Å². The van der Waals surface area contributed by atoms with Gasteiger partial charge in [0.15, 0.2) is 5.78 Å². The number of rotatable bonds is 6. The van der Waals surface area contributed by atoms with E-state index in [1.165, 1.54) is 0 Å². The van der Waals surface area contributed by atoms with Gasteiger partial charge in [0.05, 0.1) is 17.9 Å². The van der Waals surface area contributed by atoms with E-state index in [1.807, 2.05) is 35.0 Å². The molecule has 0 saturated heterocycles. The van der Waals surface area contributed by atoms with Gasteiger partial charge in [0.25, 0.3) is 0 Å². The highest BCUT2D eigenvalue weighted by atomic mass is 16.5. The average Bonchev–Trinajstić information content (AvgIpc) is 3.40. The fourth-order valence-corrected chi connectivity index (χ4v) is 2.82. The molecule has 0 N–H and O–H groups in total.